The van der Waals surface area contributed by atoms with E-state index < -0.39 is 12.1 Å². The van der Waals surface area contributed by atoms with Crippen LogP contribution in [0.25, 0.3) is 10.9 Å². The van der Waals surface area contributed by atoms with Crippen molar-refractivity contribution in [2.45, 2.75) is 19.4 Å². The Labute approximate surface area is 133 Å². The van der Waals surface area contributed by atoms with Crippen LogP contribution in [-0.2, 0) is 4.74 Å². The SMILES string of the molecule is CCCOC(=O)c1[nH]c2ccccc2c1C(O)c1ccccn1. The molecule has 0 aliphatic heterocycles. The number of fused-ring (bicyclic) bond motifs is 1. The molecule has 0 amide bonds. The van der Waals surface area contributed by atoms with Crippen molar-refractivity contribution in [2.75, 3.05) is 6.61 Å². The van der Waals surface area contributed by atoms with Crippen LogP contribution in [0.2, 0.25) is 0 Å². The van der Waals surface area contributed by atoms with Gasteiger partial charge in [0.15, 0.2) is 0 Å². The number of hydrogen-bond donors (Lipinski definition) is 2. The molecule has 1 atom stereocenters. The summed E-state index contributed by atoms with van der Waals surface area (Å²) in [6, 6.07) is 12.8. The molecule has 1 aromatic carbocycles. The third-order valence-electron chi connectivity index (χ3n) is 3.63. The van der Waals surface area contributed by atoms with Crippen LogP contribution in [0, 0.1) is 0 Å². The first-order valence-electron chi connectivity index (χ1n) is 7.59. The minimum Gasteiger partial charge on any atom is -0.461 e. The van der Waals surface area contributed by atoms with Gasteiger partial charge in [0.1, 0.15) is 11.8 Å². The Hall–Kier alpha value is -2.66. The van der Waals surface area contributed by atoms with E-state index in [1.807, 2.05) is 31.2 Å². The highest BCUT2D eigenvalue weighted by molar-refractivity contribution is 5.98. The van der Waals surface area contributed by atoms with Crippen LogP contribution in [0.5, 0.6) is 0 Å². The summed E-state index contributed by atoms with van der Waals surface area (Å²) in [6.07, 6.45) is 1.35. The molecule has 3 rings (SSSR count). The van der Waals surface area contributed by atoms with E-state index in [1.165, 1.54) is 0 Å². The van der Waals surface area contributed by atoms with E-state index in [9.17, 15) is 9.90 Å². The summed E-state index contributed by atoms with van der Waals surface area (Å²) >= 11 is 0. The minimum atomic E-state index is -1.00. The zero-order valence-electron chi connectivity index (χ0n) is 12.8. The summed E-state index contributed by atoms with van der Waals surface area (Å²) in [5.74, 6) is -0.465. The van der Waals surface area contributed by atoms with Crippen molar-refractivity contribution in [2.24, 2.45) is 0 Å². The molecular formula is C18H18N2O3. The molecule has 2 N–H and O–H groups in total. The third kappa shape index (κ3) is 2.96. The van der Waals surface area contributed by atoms with Gasteiger partial charge >= 0.3 is 5.97 Å². The number of esters is 1. The summed E-state index contributed by atoms with van der Waals surface area (Å²) in [4.78, 5) is 19.6. The van der Waals surface area contributed by atoms with Gasteiger partial charge in [-0.05, 0) is 24.6 Å². The zero-order valence-corrected chi connectivity index (χ0v) is 12.8. The molecule has 0 saturated carbocycles. The van der Waals surface area contributed by atoms with Gasteiger partial charge in [0.05, 0.1) is 12.3 Å². The van der Waals surface area contributed by atoms with Gasteiger partial charge in [0, 0.05) is 22.7 Å². The van der Waals surface area contributed by atoms with Gasteiger partial charge in [-0.15, -0.1) is 0 Å². The first-order valence-corrected chi connectivity index (χ1v) is 7.59. The van der Waals surface area contributed by atoms with Crippen LogP contribution in [0.15, 0.2) is 48.7 Å². The highest BCUT2D eigenvalue weighted by Gasteiger charge is 2.25. The number of hydrogen-bond acceptors (Lipinski definition) is 4. The van der Waals surface area contributed by atoms with Gasteiger partial charge in [0.25, 0.3) is 0 Å². The zero-order chi connectivity index (χ0) is 16.2. The average molecular weight is 310 g/mol. The van der Waals surface area contributed by atoms with Crippen LogP contribution < -0.4 is 0 Å². The fourth-order valence-corrected chi connectivity index (χ4v) is 2.56. The first kappa shape index (κ1) is 15.2. The van der Waals surface area contributed by atoms with Gasteiger partial charge in [-0.1, -0.05) is 31.2 Å². The lowest BCUT2D eigenvalue weighted by Crippen LogP contribution is -2.12. The van der Waals surface area contributed by atoms with Crippen LogP contribution in [0.1, 0.15) is 41.2 Å². The number of benzene rings is 1. The molecule has 5 heteroatoms. The monoisotopic (exact) mass is 310 g/mol. The molecule has 1 unspecified atom stereocenters. The predicted octanol–water partition coefficient (Wildman–Crippen LogP) is 3.21. The normalized spacial score (nSPS) is 12.3. The lowest BCUT2D eigenvalue weighted by atomic mass is 10.0. The van der Waals surface area contributed by atoms with Crippen molar-refractivity contribution in [3.05, 3.63) is 65.6 Å². The van der Waals surface area contributed by atoms with E-state index in [0.29, 0.717) is 17.9 Å². The molecular weight excluding hydrogens is 292 g/mol. The van der Waals surface area contributed by atoms with Crippen LogP contribution in [0.3, 0.4) is 0 Å². The van der Waals surface area contributed by atoms with Crippen molar-refractivity contribution < 1.29 is 14.6 Å². The van der Waals surface area contributed by atoms with Gasteiger partial charge in [0.2, 0.25) is 0 Å². The number of aliphatic hydroxyl groups excluding tert-OH is 1. The summed E-state index contributed by atoms with van der Waals surface area (Å²) < 4.78 is 5.23. The topological polar surface area (TPSA) is 75.2 Å². The van der Waals surface area contributed by atoms with Crippen LogP contribution >= 0.6 is 0 Å². The van der Waals surface area contributed by atoms with Crippen molar-refractivity contribution >= 4 is 16.9 Å². The smallest absolute Gasteiger partial charge is 0.355 e. The highest BCUT2D eigenvalue weighted by atomic mass is 16.5. The lowest BCUT2D eigenvalue weighted by Gasteiger charge is -2.12. The fraction of sp³-hybridized carbons (Fsp3) is 0.222. The Kier molecular flexibility index (Phi) is 4.39. The first-order chi connectivity index (χ1) is 11.2. The van der Waals surface area contributed by atoms with Crippen molar-refractivity contribution in [1.29, 1.82) is 0 Å². The van der Waals surface area contributed by atoms with Crippen molar-refractivity contribution in [3.8, 4) is 0 Å². The molecule has 0 aliphatic rings. The second-order valence-corrected chi connectivity index (χ2v) is 5.25. The Morgan fingerprint density at radius 3 is 2.78 bits per heavy atom. The summed E-state index contributed by atoms with van der Waals surface area (Å²) in [5, 5.41) is 11.5. The Balaban J connectivity index is 2.11. The molecule has 2 heterocycles. The molecule has 23 heavy (non-hydrogen) atoms. The van der Waals surface area contributed by atoms with Crippen molar-refractivity contribution in [3.63, 3.8) is 0 Å². The second-order valence-electron chi connectivity index (χ2n) is 5.25. The third-order valence-corrected chi connectivity index (χ3v) is 3.63. The number of nitrogens with zero attached hydrogens (tertiary/aromatic N) is 1. The molecule has 118 valence electrons. The number of para-hydroxylation sites is 1. The second kappa shape index (κ2) is 6.62. The summed E-state index contributed by atoms with van der Waals surface area (Å²) in [6.45, 7) is 2.27. The summed E-state index contributed by atoms with van der Waals surface area (Å²) in [5.41, 5.74) is 2.04. The van der Waals surface area contributed by atoms with E-state index in [2.05, 4.69) is 9.97 Å². The maximum absolute atomic E-state index is 12.3. The highest BCUT2D eigenvalue weighted by Crippen LogP contribution is 2.31. The number of ether oxygens (including phenoxy) is 1. The Morgan fingerprint density at radius 2 is 2.04 bits per heavy atom. The largest absolute Gasteiger partial charge is 0.461 e. The van der Waals surface area contributed by atoms with E-state index in [4.69, 9.17) is 4.74 Å². The molecule has 0 bridgehead atoms. The van der Waals surface area contributed by atoms with E-state index in [-0.39, 0.29) is 5.69 Å². The molecule has 0 fully saturated rings. The number of H-pyrrole nitrogens is 1. The van der Waals surface area contributed by atoms with Crippen molar-refractivity contribution in [1.82, 2.24) is 9.97 Å². The standard InChI is InChI=1S/C18H18N2O3/c1-2-11-23-18(22)16-15(12-7-3-4-8-13(12)20-16)17(21)14-9-5-6-10-19-14/h3-10,17,20-21H,2,11H2,1H3. The van der Waals surface area contributed by atoms with Gasteiger partial charge < -0.3 is 14.8 Å². The molecule has 0 saturated heterocycles. The number of carbonyl (C=O) groups excluding carboxylic acids is 1. The number of aromatic amines is 1. The number of nitrogens with one attached hydrogen (secondary N) is 1. The molecule has 2 aromatic heterocycles. The number of carbonyl (C=O) groups is 1. The Morgan fingerprint density at radius 1 is 1.26 bits per heavy atom. The number of aliphatic hydroxyl groups is 1. The molecule has 5 nitrogen and oxygen atoms in total. The Bertz CT molecular complexity index is 812. The molecule has 0 radical (unpaired) electrons. The van der Waals surface area contributed by atoms with Crippen LogP contribution in [-0.4, -0.2) is 27.7 Å². The maximum Gasteiger partial charge on any atom is 0.355 e. The van der Waals surface area contributed by atoms with E-state index in [0.717, 1.165) is 17.3 Å². The number of pyridine rings is 1. The number of aromatic nitrogens is 2. The number of rotatable bonds is 5. The van der Waals surface area contributed by atoms with Gasteiger partial charge in [-0.3, -0.25) is 4.98 Å². The fourth-order valence-electron chi connectivity index (χ4n) is 2.56. The molecule has 0 aliphatic carbocycles. The summed E-state index contributed by atoms with van der Waals surface area (Å²) in [7, 11) is 0. The van der Waals surface area contributed by atoms with Crippen LogP contribution in [0.4, 0.5) is 0 Å². The van der Waals surface area contributed by atoms with Gasteiger partial charge in [-0.2, -0.15) is 0 Å². The van der Waals surface area contributed by atoms with E-state index >= 15 is 0 Å². The average Bonchev–Trinajstić information content (AvgIpc) is 2.99. The molecule has 0 spiro atoms. The predicted molar refractivity (Wildman–Crippen MR) is 87.2 cm³/mol. The minimum absolute atomic E-state index is 0.276. The quantitative estimate of drug-likeness (QED) is 0.710. The maximum atomic E-state index is 12.3. The van der Waals surface area contributed by atoms with Gasteiger partial charge in [-0.25, -0.2) is 4.79 Å². The lowest BCUT2D eigenvalue weighted by molar-refractivity contribution is 0.0494. The van der Waals surface area contributed by atoms with E-state index in [1.54, 1.807) is 24.4 Å². The molecule has 3 aromatic rings.